The molecule has 0 saturated carbocycles. The lowest BCUT2D eigenvalue weighted by Gasteiger charge is -2.10. The van der Waals surface area contributed by atoms with Crippen LogP contribution in [0.4, 0.5) is 0 Å². The highest BCUT2D eigenvalue weighted by Crippen LogP contribution is 2.24. The van der Waals surface area contributed by atoms with E-state index in [-0.39, 0.29) is 4.90 Å². The highest BCUT2D eigenvalue weighted by molar-refractivity contribution is 9.10. The minimum Gasteiger partial charge on any atom is -0.489 e. The Hall–Kier alpha value is -1.04. The molecule has 3 nitrogen and oxygen atoms in total. The van der Waals surface area contributed by atoms with E-state index < -0.39 is 9.05 Å². The molecule has 0 N–H and O–H groups in total. The molecule has 0 aliphatic carbocycles. The first-order valence-corrected chi connectivity index (χ1v) is 8.89. The minimum absolute atomic E-state index is 0.0765. The van der Waals surface area contributed by atoms with Gasteiger partial charge >= 0.3 is 0 Å². The largest absolute Gasteiger partial charge is 0.489 e. The SMILES string of the molecule is Cc1cc(S(=O)(=O)Cl)ccc1OCc1ccc(Br)cc1. The number of aryl methyl sites for hydroxylation is 1. The lowest BCUT2D eigenvalue weighted by molar-refractivity contribution is 0.304. The molecule has 0 radical (unpaired) electrons. The first kappa shape index (κ1) is 15.4. The van der Waals surface area contributed by atoms with E-state index in [1.54, 1.807) is 13.0 Å². The topological polar surface area (TPSA) is 43.4 Å². The summed E-state index contributed by atoms with van der Waals surface area (Å²) < 4.78 is 29.1. The van der Waals surface area contributed by atoms with Gasteiger partial charge in [0.05, 0.1) is 4.90 Å². The molecule has 0 amide bonds. The van der Waals surface area contributed by atoms with Gasteiger partial charge in [0.1, 0.15) is 12.4 Å². The number of halogens is 2. The third-order valence-electron chi connectivity index (χ3n) is 2.74. The predicted molar refractivity (Wildman–Crippen MR) is 82.7 cm³/mol. The van der Waals surface area contributed by atoms with Crippen molar-refractivity contribution in [2.45, 2.75) is 18.4 Å². The van der Waals surface area contributed by atoms with Crippen molar-refractivity contribution in [1.82, 2.24) is 0 Å². The molecule has 2 aromatic carbocycles. The van der Waals surface area contributed by atoms with Gasteiger partial charge in [-0.2, -0.15) is 0 Å². The molecule has 0 spiro atoms. The van der Waals surface area contributed by atoms with Crippen molar-refractivity contribution in [3.05, 3.63) is 58.1 Å². The van der Waals surface area contributed by atoms with E-state index in [2.05, 4.69) is 15.9 Å². The minimum atomic E-state index is -3.70. The van der Waals surface area contributed by atoms with Crippen molar-refractivity contribution < 1.29 is 13.2 Å². The molecule has 0 aliphatic rings. The zero-order valence-electron chi connectivity index (χ0n) is 10.6. The van der Waals surface area contributed by atoms with E-state index in [9.17, 15) is 8.42 Å². The van der Waals surface area contributed by atoms with Gasteiger partial charge in [0.2, 0.25) is 0 Å². The summed E-state index contributed by atoms with van der Waals surface area (Å²) in [6, 6.07) is 12.3. The van der Waals surface area contributed by atoms with Crippen LogP contribution in [0.5, 0.6) is 5.75 Å². The standard InChI is InChI=1S/C14H12BrClO3S/c1-10-8-13(20(16,17)18)6-7-14(10)19-9-11-2-4-12(15)5-3-11/h2-8H,9H2,1H3. The van der Waals surface area contributed by atoms with Gasteiger partial charge in [-0.1, -0.05) is 28.1 Å². The summed E-state index contributed by atoms with van der Waals surface area (Å²) in [5, 5.41) is 0. The van der Waals surface area contributed by atoms with Gasteiger partial charge in [0.25, 0.3) is 9.05 Å². The summed E-state index contributed by atoms with van der Waals surface area (Å²) in [5.74, 6) is 0.636. The molecular formula is C14H12BrClO3S. The lowest BCUT2D eigenvalue weighted by Crippen LogP contribution is -1.98. The summed E-state index contributed by atoms with van der Waals surface area (Å²) in [7, 11) is 1.60. The van der Waals surface area contributed by atoms with Crippen LogP contribution in [0.3, 0.4) is 0 Å². The molecule has 0 bridgehead atoms. The van der Waals surface area contributed by atoms with Crippen molar-refractivity contribution in [3.63, 3.8) is 0 Å². The summed E-state index contributed by atoms with van der Waals surface area (Å²) in [6.07, 6.45) is 0. The zero-order valence-corrected chi connectivity index (χ0v) is 13.8. The van der Waals surface area contributed by atoms with Gasteiger partial charge in [-0.15, -0.1) is 0 Å². The van der Waals surface area contributed by atoms with E-state index in [4.69, 9.17) is 15.4 Å². The maximum Gasteiger partial charge on any atom is 0.261 e. The molecular weight excluding hydrogens is 364 g/mol. The Morgan fingerprint density at radius 3 is 2.35 bits per heavy atom. The monoisotopic (exact) mass is 374 g/mol. The van der Waals surface area contributed by atoms with E-state index >= 15 is 0 Å². The first-order chi connectivity index (χ1) is 9.36. The quantitative estimate of drug-likeness (QED) is 0.750. The highest BCUT2D eigenvalue weighted by Gasteiger charge is 2.11. The molecule has 0 aliphatic heterocycles. The molecule has 6 heteroatoms. The molecule has 2 rings (SSSR count). The van der Waals surface area contributed by atoms with E-state index in [1.165, 1.54) is 12.1 Å². The maximum atomic E-state index is 11.2. The van der Waals surface area contributed by atoms with Crippen LogP contribution in [0.15, 0.2) is 51.8 Å². The highest BCUT2D eigenvalue weighted by atomic mass is 79.9. The molecule has 0 fully saturated rings. The number of benzene rings is 2. The van der Waals surface area contributed by atoms with Crippen molar-refractivity contribution in [3.8, 4) is 5.75 Å². The Bertz CT molecular complexity index is 712. The second-order valence-corrected chi connectivity index (χ2v) is 7.76. The van der Waals surface area contributed by atoms with Crippen LogP contribution >= 0.6 is 26.6 Å². The fourth-order valence-electron chi connectivity index (χ4n) is 1.68. The van der Waals surface area contributed by atoms with E-state index in [1.807, 2.05) is 24.3 Å². The van der Waals surface area contributed by atoms with Crippen LogP contribution in [-0.2, 0) is 15.7 Å². The summed E-state index contributed by atoms with van der Waals surface area (Å²) in [6.45, 7) is 2.20. The summed E-state index contributed by atoms with van der Waals surface area (Å²) >= 11 is 3.37. The zero-order chi connectivity index (χ0) is 14.8. The number of hydrogen-bond acceptors (Lipinski definition) is 3. The van der Waals surface area contributed by atoms with Crippen molar-refractivity contribution >= 4 is 35.7 Å². The van der Waals surface area contributed by atoms with Gasteiger partial charge in [-0.25, -0.2) is 8.42 Å². The molecule has 2 aromatic rings. The van der Waals surface area contributed by atoms with Crippen LogP contribution in [-0.4, -0.2) is 8.42 Å². The normalized spacial score (nSPS) is 11.3. The van der Waals surface area contributed by atoms with Gasteiger partial charge in [-0.05, 0) is 48.4 Å². The molecule has 0 heterocycles. The summed E-state index contributed by atoms with van der Waals surface area (Å²) in [4.78, 5) is 0.0765. The maximum absolute atomic E-state index is 11.2. The third kappa shape index (κ3) is 3.98. The Balaban J connectivity index is 2.12. The van der Waals surface area contributed by atoms with Crippen LogP contribution < -0.4 is 4.74 Å². The van der Waals surface area contributed by atoms with E-state index in [0.29, 0.717) is 12.4 Å². The molecule has 106 valence electrons. The smallest absolute Gasteiger partial charge is 0.261 e. The predicted octanol–water partition coefficient (Wildman–Crippen LogP) is 4.26. The third-order valence-corrected chi connectivity index (χ3v) is 4.62. The van der Waals surface area contributed by atoms with Crippen molar-refractivity contribution in [2.24, 2.45) is 0 Å². The van der Waals surface area contributed by atoms with Crippen LogP contribution in [0.1, 0.15) is 11.1 Å². The van der Waals surface area contributed by atoms with Crippen LogP contribution in [0.25, 0.3) is 0 Å². The Morgan fingerprint density at radius 2 is 1.80 bits per heavy atom. The number of ether oxygens (including phenoxy) is 1. The average Bonchev–Trinajstić information content (AvgIpc) is 2.38. The molecule has 0 atom stereocenters. The van der Waals surface area contributed by atoms with Crippen LogP contribution in [0, 0.1) is 6.92 Å². The van der Waals surface area contributed by atoms with Crippen molar-refractivity contribution in [1.29, 1.82) is 0 Å². The van der Waals surface area contributed by atoms with Gasteiger partial charge in [0.15, 0.2) is 0 Å². The second-order valence-electron chi connectivity index (χ2n) is 4.28. The lowest BCUT2D eigenvalue weighted by atomic mass is 10.2. The van der Waals surface area contributed by atoms with Gasteiger partial charge < -0.3 is 4.74 Å². The number of hydrogen-bond donors (Lipinski definition) is 0. The number of rotatable bonds is 4. The molecule has 0 aromatic heterocycles. The summed E-state index contributed by atoms with van der Waals surface area (Å²) in [5.41, 5.74) is 1.76. The molecule has 20 heavy (non-hydrogen) atoms. The molecule has 0 unspecified atom stereocenters. The van der Waals surface area contributed by atoms with E-state index in [0.717, 1.165) is 15.6 Å². The van der Waals surface area contributed by atoms with Crippen LogP contribution in [0.2, 0.25) is 0 Å². The fraction of sp³-hybridized carbons (Fsp3) is 0.143. The average molecular weight is 376 g/mol. The van der Waals surface area contributed by atoms with Crippen molar-refractivity contribution in [2.75, 3.05) is 0 Å². The van der Waals surface area contributed by atoms with Gasteiger partial charge in [-0.3, -0.25) is 0 Å². The first-order valence-electron chi connectivity index (χ1n) is 5.79. The fourth-order valence-corrected chi connectivity index (χ4v) is 2.78. The second kappa shape index (κ2) is 6.16. The Morgan fingerprint density at radius 1 is 1.15 bits per heavy atom. The molecule has 0 saturated heterocycles. The Kier molecular flexibility index (Phi) is 4.73. The van der Waals surface area contributed by atoms with Gasteiger partial charge in [0, 0.05) is 15.2 Å². The Labute approximate surface area is 131 Å².